The van der Waals surface area contributed by atoms with E-state index >= 15 is 0 Å². The molecule has 41 heavy (non-hydrogen) atoms. The molecule has 10 nitrogen and oxygen atoms in total. The number of pyridine rings is 1. The summed E-state index contributed by atoms with van der Waals surface area (Å²) in [5.41, 5.74) is 4.57. The molecule has 1 aromatic heterocycles. The molecular formula is C31H41N5O5. The molecule has 0 saturated carbocycles. The molecule has 4 atom stereocenters. The lowest BCUT2D eigenvalue weighted by Gasteiger charge is -2.35. The van der Waals surface area contributed by atoms with Gasteiger partial charge in [0.1, 0.15) is 24.2 Å². The maximum absolute atomic E-state index is 13.2. The Morgan fingerprint density at radius 1 is 1.15 bits per heavy atom. The Balaban J connectivity index is 1.58. The maximum Gasteiger partial charge on any atom is 0.325 e. The first-order valence-electron chi connectivity index (χ1n) is 14.0. The highest BCUT2D eigenvalue weighted by Gasteiger charge is 2.33. The molecule has 2 heterocycles. The number of fused-ring (bicyclic) bond motifs is 1. The Labute approximate surface area is 241 Å². The Hall–Kier alpha value is -4.05. The summed E-state index contributed by atoms with van der Waals surface area (Å²) in [5, 5.41) is 8.74. The number of carbonyl (C=O) groups is 4. The number of aromatic nitrogens is 1. The van der Waals surface area contributed by atoms with E-state index in [1.165, 1.54) is 5.01 Å². The summed E-state index contributed by atoms with van der Waals surface area (Å²) >= 11 is 0. The van der Waals surface area contributed by atoms with E-state index in [2.05, 4.69) is 27.6 Å². The Morgan fingerprint density at radius 2 is 1.90 bits per heavy atom. The molecule has 0 radical (unpaired) electrons. The first-order valence-corrected chi connectivity index (χ1v) is 14.0. The fourth-order valence-electron chi connectivity index (χ4n) is 4.57. The molecule has 0 aliphatic carbocycles. The van der Waals surface area contributed by atoms with Gasteiger partial charge in [0.2, 0.25) is 11.8 Å². The number of hydrazine groups is 1. The molecule has 220 valence electrons. The van der Waals surface area contributed by atoms with Gasteiger partial charge in [-0.25, -0.2) is 5.43 Å². The second-order valence-electron chi connectivity index (χ2n) is 10.6. The van der Waals surface area contributed by atoms with Crippen molar-refractivity contribution in [1.82, 2.24) is 26.1 Å². The highest BCUT2D eigenvalue weighted by molar-refractivity contribution is 5.92. The molecule has 1 unspecified atom stereocenters. The van der Waals surface area contributed by atoms with Gasteiger partial charge in [0, 0.05) is 24.5 Å². The molecule has 1 aliphatic heterocycles. The van der Waals surface area contributed by atoms with E-state index < -0.39 is 36.1 Å². The zero-order valence-corrected chi connectivity index (χ0v) is 24.5. The third kappa shape index (κ3) is 8.47. The van der Waals surface area contributed by atoms with Gasteiger partial charge in [-0.1, -0.05) is 44.7 Å². The summed E-state index contributed by atoms with van der Waals surface area (Å²) in [6.07, 6.45) is 7.69. The number of hydrogen-bond donors (Lipinski definition) is 3. The molecule has 3 rings (SSSR count). The summed E-state index contributed by atoms with van der Waals surface area (Å²) in [6, 6.07) is 5.36. The first kappa shape index (κ1) is 31.5. The van der Waals surface area contributed by atoms with E-state index in [-0.39, 0.29) is 24.2 Å². The average molecular weight is 564 g/mol. The van der Waals surface area contributed by atoms with Gasteiger partial charge in [0.25, 0.3) is 5.91 Å². The Morgan fingerprint density at radius 3 is 2.59 bits per heavy atom. The number of ether oxygens (including phenoxy) is 1. The molecule has 0 bridgehead atoms. The molecule has 3 N–H and O–H groups in total. The lowest BCUT2D eigenvalue weighted by Crippen LogP contribution is -2.61. The van der Waals surface area contributed by atoms with Crippen molar-refractivity contribution < 1.29 is 23.9 Å². The lowest BCUT2D eigenvalue weighted by molar-refractivity contribution is -0.157. The quantitative estimate of drug-likeness (QED) is 0.281. The highest BCUT2D eigenvalue weighted by Crippen LogP contribution is 2.24. The highest BCUT2D eigenvalue weighted by atomic mass is 16.5. The number of nitrogens with one attached hydrogen (secondary N) is 3. The van der Waals surface area contributed by atoms with E-state index in [0.717, 1.165) is 22.0 Å². The minimum atomic E-state index is -0.870. The number of benzene rings is 1. The second kappa shape index (κ2) is 14.5. The minimum absolute atomic E-state index is 0.171. The van der Waals surface area contributed by atoms with Crippen LogP contribution in [0.2, 0.25) is 0 Å². The molecule has 1 fully saturated rings. The largest absolute Gasteiger partial charge is 0.457 e. The number of amides is 3. The van der Waals surface area contributed by atoms with Gasteiger partial charge in [-0.2, -0.15) is 0 Å². The zero-order valence-electron chi connectivity index (χ0n) is 24.5. The van der Waals surface area contributed by atoms with Crippen LogP contribution in [0.25, 0.3) is 16.8 Å². The molecule has 1 aromatic carbocycles. The van der Waals surface area contributed by atoms with Crippen LogP contribution in [0.3, 0.4) is 0 Å². The topological polar surface area (TPSA) is 130 Å². The van der Waals surface area contributed by atoms with E-state index in [9.17, 15) is 19.2 Å². The molecule has 0 spiro atoms. The van der Waals surface area contributed by atoms with E-state index in [1.54, 1.807) is 38.3 Å². The van der Waals surface area contributed by atoms with Crippen molar-refractivity contribution in [2.45, 2.75) is 78.1 Å². The standard InChI is InChI=1S/C31H41N5O5/c1-7-9-12-27(37)34-28(19(3)4)29(38)33-20(5)30(39)36-15-10-11-26(35-36)31(40)41-21(6)22-13-14-23-18-32-25(8-2)17-24(23)16-22/h7-9,13-14,16-21,26,28,35H,2,10-12,15H2,1,3-6H3,(H,33,38)(H,34,37)/b9-7+/t20-,21+,26-,28?/m0/s1. The fraction of sp³-hybridized carbons (Fsp3) is 0.452. The summed E-state index contributed by atoms with van der Waals surface area (Å²) in [5.74, 6) is -1.73. The van der Waals surface area contributed by atoms with Crippen LogP contribution in [0, 0.1) is 5.92 Å². The second-order valence-corrected chi connectivity index (χ2v) is 10.6. The third-order valence-corrected chi connectivity index (χ3v) is 7.01. The maximum atomic E-state index is 13.2. The summed E-state index contributed by atoms with van der Waals surface area (Å²) in [4.78, 5) is 55.6. The van der Waals surface area contributed by atoms with Gasteiger partial charge in [0.15, 0.2) is 0 Å². The van der Waals surface area contributed by atoms with Crippen molar-refractivity contribution in [3.63, 3.8) is 0 Å². The van der Waals surface area contributed by atoms with Crippen LogP contribution in [0.4, 0.5) is 0 Å². The van der Waals surface area contributed by atoms with Crippen molar-refractivity contribution >= 4 is 40.5 Å². The van der Waals surface area contributed by atoms with Crippen LogP contribution >= 0.6 is 0 Å². The molecule has 1 saturated heterocycles. The number of rotatable bonds is 11. The van der Waals surface area contributed by atoms with Crippen LogP contribution in [0.5, 0.6) is 0 Å². The number of nitrogens with zero attached hydrogens (tertiary/aromatic N) is 2. The van der Waals surface area contributed by atoms with Gasteiger partial charge >= 0.3 is 5.97 Å². The Bertz CT molecular complexity index is 1310. The van der Waals surface area contributed by atoms with Crippen molar-refractivity contribution in [3.05, 3.63) is 60.5 Å². The number of carbonyl (C=O) groups excluding carboxylic acids is 4. The fourth-order valence-corrected chi connectivity index (χ4v) is 4.57. The van der Waals surface area contributed by atoms with Gasteiger partial charge in [-0.15, -0.1) is 0 Å². The summed E-state index contributed by atoms with van der Waals surface area (Å²) < 4.78 is 5.77. The van der Waals surface area contributed by atoms with Crippen molar-refractivity contribution in [1.29, 1.82) is 0 Å². The van der Waals surface area contributed by atoms with Crippen LogP contribution < -0.4 is 16.1 Å². The molecule has 3 amide bonds. The first-order chi connectivity index (χ1) is 19.5. The zero-order chi connectivity index (χ0) is 30.1. The van der Waals surface area contributed by atoms with Crippen molar-refractivity contribution in [3.8, 4) is 0 Å². The number of esters is 1. The molecule has 1 aliphatic rings. The molecular weight excluding hydrogens is 522 g/mol. The average Bonchev–Trinajstić information content (AvgIpc) is 2.97. The molecule has 2 aromatic rings. The van der Waals surface area contributed by atoms with E-state index in [4.69, 9.17) is 4.74 Å². The van der Waals surface area contributed by atoms with Gasteiger partial charge in [-0.3, -0.25) is 29.2 Å². The third-order valence-electron chi connectivity index (χ3n) is 7.01. The lowest BCUT2D eigenvalue weighted by atomic mass is 10.0. The van der Waals surface area contributed by atoms with Crippen LogP contribution in [-0.4, -0.2) is 58.4 Å². The number of allylic oxidation sites excluding steroid dienone is 1. The van der Waals surface area contributed by atoms with Crippen LogP contribution in [-0.2, 0) is 23.9 Å². The van der Waals surface area contributed by atoms with Gasteiger partial charge in [-0.05, 0) is 68.7 Å². The van der Waals surface area contributed by atoms with Crippen LogP contribution in [0.15, 0.2) is 49.2 Å². The van der Waals surface area contributed by atoms with E-state index in [1.807, 2.05) is 45.0 Å². The number of hydrogen-bond acceptors (Lipinski definition) is 7. The van der Waals surface area contributed by atoms with Gasteiger partial charge < -0.3 is 15.4 Å². The van der Waals surface area contributed by atoms with Gasteiger partial charge in [0.05, 0.1) is 5.69 Å². The smallest absolute Gasteiger partial charge is 0.325 e. The normalized spacial score (nSPS) is 17.6. The predicted octanol–water partition coefficient (Wildman–Crippen LogP) is 3.59. The van der Waals surface area contributed by atoms with Crippen molar-refractivity contribution in [2.24, 2.45) is 5.92 Å². The molecule has 10 heteroatoms. The summed E-state index contributed by atoms with van der Waals surface area (Å²) in [7, 11) is 0. The predicted molar refractivity (Wildman–Crippen MR) is 158 cm³/mol. The van der Waals surface area contributed by atoms with Crippen molar-refractivity contribution in [2.75, 3.05) is 6.54 Å². The Kier molecular flexibility index (Phi) is 11.2. The van der Waals surface area contributed by atoms with E-state index in [0.29, 0.717) is 19.4 Å². The SMILES string of the molecule is C=Cc1cc2cc([C@@H](C)OC(=O)[C@@H]3CCCN(C(=O)[C@H](C)NC(=O)C(NC(=O)C/C=C/C)C(C)C)N3)ccc2cn1. The minimum Gasteiger partial charge on any atom is -0.457 e. The van der Waals surface area contributed by atoms with Crippen LogP contribution in [0.1, 0.15) is 71.2 Å². The summed E-state index contributed by atoms with van der Waals surface area (Å²) in [6.45, 7) is 13.0. The monoisotopic (exact) mass is 563 g/mol.